The highest BCUT2D eigenvalue weighted by Crippen LogP contribution is 2.36. The van der Waals surface area contributed by atoms with E-state index in [-0.39, 0.29) is 11.5 Å². The molecule has 0 unspecified atom stereocenters. The number of phenolic OH excluding ortho intramolecular Hbond substituents is 2. The Kier molecular flexibility index (Phi) is 5.42. The summed E-state index contributed by atoms with van der Waals surface area (Å²) in [6.45, 7) is 2.34. The Bertz CT molecular complexity index is 591. The molecule has 0 aliphatic rings. The summed E-state index contributed by atoms with van der Waals surface area (Å²) in [6.07, 6.45) is 1.70. The summed E-state index contributed by atoms with van der Waals surface area (Å²) >= 11 is 0. The van der Waals surface area contributed by atoms with Gasteiger partial charge in [-0.15, -0.1) is 0 Å². The van der Waals surface area contributed by atoms with Gasteiger partial charge in [-0.25, -0.2) is 0 Å². The van der Waals surface area contributed by atoms with Gasteiger partial charge in [0.15, 0.2) is 0 Å². The molecule has 4 nitrogen and oxygen atoms in total. The van der Waals surface area contributed by atoms with Crippen LogP contribution in [0.1, 0.15) is 36.8 Å². The molecule has 116 valence electrons. The van der Waals surface area contributed by atoms with Crippen LogP contribution in [0.2, 0.25) is 0 Å². The largest absolute Gasteiger partial charge is 0.508 e. The average Bonchev–Trinajstić information content (AvgIpc) is 2.51. The lowest BCUT2D eigenvalue weighted by Gasteiger charge is -2.19. The summed E-state index contributed by atoms with van der Waals surface area (Å²) < 4.78 is 5.30. The number of esters is 1. The molecule has 0 heterocycles. The molecule has 2 aromatic rings. The molecule has 2 N–H and O–H groups in total. The van der Waals surface area contributed by atoms with Gasteiger partial charge in [-0.05, 0) is 18.6 Å². The van der Waals surface area contributed by atoms with E-state index in [0.717, 1.165) is 12.8 Å². The number of para-hydroxylation sites is 2. The van der Waals surface area contributed by atoms with Crippen molar-refractivity contribution < 1.29 is 19.7 Å². The number of hydrogen-bond donors (Lipinski definition) is 2. The highest BCUT2D eigenvalue weighted by molar-refractivity contribution is 5.84. The first-order chi connectivity index (χ1) is 10.6. The number of unbranched alkanes of at least 4 members (excludes halogenated alkanes) is 1. The summed E-state index contributed by atoms with van der Waals surface area (Å²) in [5.74, 6) is -1.32. The molecule has 0 saturated heterocycles. The van der Waals surface area contributed by atoms with Crippen molar-refractivity contribution in [2.24, 2.45) is 0 Å². The summed E-state index contributed by atoms with van der Waals surface area (Å²) in [4.78, 5) is 12.5. The minimum atomic E-state index is -0.848. The SMILES string of the molecule is CCCCOC(=O)C(c1ccccc1O)c1ccccc1O. The highest BCUT2D eigenvalue weighted by Gasteiger charge is 2.28. The number of benzene rings is 2. The van der Waals surface area contributed by atoms with Crippen molar-refractivity contribution in [2.45, 2.75) is 25.7 Å². The molecule has 0 aliphatic carbocycles. The van der Waals surface area contributed by atoms with Gasteiger partial charge in [0.25, 0.3) is 0 Å². The Labute approximate surface area is 130 Å². The van der Waals surface area contributed by atoms with Gasteiger partial charge in [-0.3, -0.25) is 4.79 Å². The molecule has 0 aliphatic heterocycles. The highest BCUT2D eigenvalue weighted by atomic mass is 16.5. The van der Waals surface area contributed by atoms with E-state index >= 15 is 0 Å². The molecule has 0 saturated carbocycles. The average molecular weight is 300 g/mol. The molecule has 0 spiro atoms. The van der Waals surface area contributed by atoms with Crippen molar-refractivity contribution in [3.8, 4) is 11.5 Å². The van der Waals surface area contributed by atoms with Gasteiger partial charge in [0.1, 0.15) is 17.4 Å². The third-order valence-corrected chi connectivity index (χ3v) is 3.47. The fourth-order valence-corrected chi connectivity index (χ4v) is 2.29. The van der Waals surface area contributed by atoms with Crippen LogP contribution in [0.15, 0.2) is 48.5 Å². The molecule has 0 fully saturated rings. The molecule has 0 atom stereocenters. The number of phenols is 2. The third kappa shape index (κ3) is 3.58. The minimum absolute atomic E-state index is 0.00296. The predicted molar refractivity (Wildman–Crippen MR) is 83.9 cm³/mol. The van der Waals surface area contributed by atoms with Crippen molar-refractivity contribution >= 4 is 5.97 Å². The first-order valence-electron chi connectivity index (χ1n) is 7.37. The third-order valence-electron chi connectivity index (χ3n) is 3.47. The fourth-order valence-electron chi connectivity index (χ4n) is 2.29. The van der Waals surface area contributed by atoms with Gasteiger partial charge in [-0.1, -0.05) is 49.7 Å². The summed E-state index contributed by atoms with van der Waals surface area (Å²) in [5, 5.41) is 20.1. The molecular formula is C18H20O4. The van der Waals surface area contributed by atoms with Crippen LogP contribution in [-0.4, -0.2) is 22.8 Å². The van der Waals surface area contributed by atoms with E-state index in [9.17, 15) is 15.0 Å². The van der Waals surface area contributed by atoms with Crippen LogP contribution < -0.4 is 0 Å². The van der Waals surface area contributed by atoms with Crippen molar-refractivity contribution in [3.05, 3.63) is 59.7 Å². The van der Waals surface area contributed by atoms with Crippen LogP contribution in [-0.2, 0) is 9.53 Å². The molecule has 4 heteroatoms. The molecule has 2 aromatic carbocycles. The van der Waals surface area contributed by atoms with Gasteiger partial charge in [0.2, 0.25) is 0 Å². The van der Waals surface area contributed by atoms with E-state index in [1.54, 1.807) is 36.4 Å². The maximum atomic E-state index is 12.5. The lowest BCUT2D eigenvalue weighted by molar-refractivity contribution is -0.144. The molecule has 0 amide bonds. The number of hydrogen-bond acceptors (Lipinski definition) is 4. The van der Waals surface area contributed by atoms with E-state index in [1.807, 2.05) is 6.92 Å². The Morgan fingerprint density at radius 1 is 1.00 bits per heavy atom. The normalized spacial score (nSPS) is 10.6. The van der Waals surface area contributed by atoms with Crippen LogP contribution in [0.3, 0.4) is 0 Å². The van der Waals surface area contributed by atoms with Crippen molar-refractivity contribution in [2.75, 3.05) is 6.61 Å². The first-order valence-corrected chi connectivity index (χ1v) is 7.37. The Hall–Kier alpha value is -2.49. The van der Waals surface area contributed by atoms with E-state index < -0.39 is 11.9 Å². The zero-order chi connectivity index (χ0) is 15.9. The summed E-state index contributed by atoms with van der Waals surface area (Å²) in [6, 6.07) is 13.2. The standard InChI is InChI=1S/C18H20O4/c1-2-3-12-22-18(21)17(13-8-4-6-10-15(13)19)14-9-5-7-11-16(14)20/h4-11,17,19-20H,2-3,12H2,1H3. The second kappa shape index (κ2) is 7.50. The van der Waals surface area contributed by atoms with Gasteiger partial charge >= 0.3 is 5.97 Å². The van der Waals surface area contributed by atoms with Crippen molar-refractivity contribution in [3.63, 3.8) is 0 Å². The van der Waals surface area contributed by atoms with E-state index in [4.69, 9.17) is 4.74 Å². The topological polar surface area (TPSA) is 66.8 Å². The summed E-state index contributed by atoms with van der Waals surface area (Å²) in [5.41, 5.74) is 0.844. The lowest BCUT2D eigenvalue weighted by atomic mass is 9.90. The quantitative estimate of drug-likeness (QED) is 0.632. The molecule has 0 aromatic heterocycles. The lowest BCUT2D eigenvalue weighted by Crippen LogP contribution is -2.18. The number of carbonyl (C=O) groups excluding carboxylic acids is 1. The zero-order valence-corrected chi connectivity index (χ0v) is 12.5. The fraction of sp³-hybridized carbons (Fsp3) is 0.278. The van der Waals surface area contributed by atoms with Crippen molar-refractivity contribution in [1.29, 1.82) is 0 Å². The van der Waals surface area contributed by atoms with Crippen molar-refractivity contribution in [1.82, 2.24) is 0 Å². The van der Waals surface area contributed by atoms with Gasteiger partial charge < -0.3 is 14.9 Å². The van der Waals surface area contributed by atoms with E-state index in [1.165, 1.54) is 12.1 Å². The Morgan fingerprint density at radius 2 is 1.50 bits per heavy atom. The minimum Gasteiger partial charge on any atom is -0.508 e. The molecule has 0 radical (unpaired) electrons. The molecule has 22 heavy (non-hydrogen) atoms. The second-order valence-electron chi connectivity index (χ2n) is 5.07. The van der Waals surface area contributed by atoms with Crippen LogP contribution >= 0.6 is 0 Å². The van der Waals surface area contributed by atoms with E-state index in [2.05, 4.69) is 0 Å². The number of aromatic hydroxyl groups is 2. The Morgan fingerprint density at radius 3 is 1.95 bits per heavy atom. The van der Waals surface area contributed by atoms with E-state index in [0.29, 0.717) is 17.7 Å². The molecular weight excluding hydrogens is 280 g/mol. The number of rotatable bonds is 6. The second-order valence-corrected chi connectivity index (χ2v) is 5.07. The van der Waals surface area contributed by atoms with Crippen LogP contribution in [0, 0.1) is 0 Å². The number of carbonyl (C=O) groups is 1. The maximum Gasteiger partial charge on any atom is 0.318 e. The smallest absolute Gasteiger partial charge is 0.318 e. The number of ether oxygens (including phenoxy) is 1. The molecule has 2 rings (SSSR count). The van der Waals surface area contributed by atoms with Crippen LogP contribution in [0.25, 0.3) is 0 Å². The monoisotopic (exact) mass is 300 g/mol. The maximum absolute atomic E-state index is 12.5. The van der Waals surface area contributed by atoms with Gasteiger partial charge in [0, 0.05) is 11.1 Å². The van der Waals surface area contributed by atoms with Gasteiger partial charge in [0.05, 0.1) is 6.61 Å². The molecule has 0 bridgehead atoms. The zero-order valence-electron chi connectivity index (χ0n) is 12.5. The Balaban J connectivity index is 2.39. The predicted octanol–water partition coefficient (Wildman–Crippen LogP) is 3.57. The first kappa shape index (κ1) is 15.9. The van der Waals surface area contributed by atoms with Crippen LogP contribution in [0.5, 0.6) is 11.5 Å². The van der Waals surface area contributed by atoms with Gasteiger partial charge in [-0.2, -0.15) is 0 Å². The summed E-state index contributed by atoms with van der Waals surface area (Å²) in [7, 11) is 0. The van der Waals surface area contributed by atoms with Crippen LogP contribution in [0.4, 0.5) is 0 Å².